The van der Waals surface area contributed by atoms with Gasteiger partial charge in [0.05, 0.1) is 0 Å². The highest BCUT2D eigenvalue weighted by Gasteiger charge is 2.32. The summed E-state index contributed by atoms with van der Waals surface area (Å²) in [5.41, 5.74) is 11.0. The molecule has 0 saturated carbocycles. The second-order valence-electron chi connectivity index (χ2n) is 9.41. The number of hydrogen-bond donors (Lipinski definition) is 1. The van der Waals surface area contributed by atoms with Crippen LogP contribution in [0, 0.1) is 6.92 Å². The molecule has 6 aromatic rings. The highest BCUT2D eigenvalue weighted by Crippen LogP contribution is 2.41. The summed E-state index contributed by atoms with van der Waals surface area (Å²) in [7, 11) is 2.30. The van der Waals surface area contributed by atoms with Crippen LogP contribution in [0.15, 0.2) is 126 Å². The molecule has 0 atom stereocenters. The van der Waals surface area contributed by atoms with Crippen molar-refractivity contribution in [3.8, 4) is 11.1 Å². The van der Waals surface area contributed by atoms with Gasteiger partial charge < -0.3 is 9.73 Å². The Bertz CT molecular complexity index is 1740. The van der Waals surface area contributed by atoms with E-state index in [1.807, 2.05) is 24.3 Å². The van der Waals surface area contributed by atoms with Gasteiger partial charge in [-0.25, -0.2) is 0 Å². The summed E-state index contributed by atoms with van der Waals surface area (Å²) in [5.74, 6) is 0.854. The van der Waals surface area contributed by atoms with Crippen LogP contribution in [0.25, 0.3) is 22.1 Å². The van der Waals surface area contributed by atoms with Crippen molar-refractivity contribution >= 4 is 57.8 Å². The molecule has 0 amide bonds. The van der Waals surface area contributed by atoms with E-state index in [1.54, 1.807) is 0 Å². The zero-order valence-corrected chi connectivity index (χ0v) is 20.5. The average Bonchev–Trinajstić information content (AvgIpc) is 3.31. The van der Waals surface area contributed by atoms with E-state index in [4.69, 9.17) is 4.42 Å². The fraction of sp³-hybridized carbons (Fsp3) is 0.0303. The van der Waals surface area contributed by atoms with Gasteiger partial charge in [-0.3, -0.25) is 4.90 Å². The molecule has 1 aliphatic rings. The van der Waals surface area contributed by atoms with Crippen molar-refractivity contribution in [2.45, 2.75) is 6.92 Å². The Balaban J connectivity index is 1.47. The highest BCUT2D eigenvalue weighted by atomic mass is 16.4. The smallest absolute Gasteiger partial charge is 0.203 e. The second kappa shape index (κ2) is 8.75. The Morgan fingerprint density at radius 3 is 2.22 bits per heavy atom. The summed E-state index contributed by atoms with van der Waals surface area (Å²) < 4.78 is 6.48. The van der Waals surface area contributed by atoms with E-state index in [2.05, 4.69) is 121 Å². The minimum atomic E-state index is 0.854. The van der Waals surface area contributed by atoms with Crippen LogP contribution in [0.3, 0.4) is 0 Å². The Morgan fingerprint density at radius 2 is 1.38 bits per heavy atom. The molecular formula is C33H24BN2O. The number of para-hydroxylation sites is 4. The summed E-state index contributed by atoms with van der Waals surface area (Å²) in [6, 6.07) is 42.2. The van der Waals surface area contributed by atoms with Crippen LogP contribution in [-0.4, -0.2) is 7.28 Å². The Kier molecular flexibility index (Phi) is 5.11. The van der Waals surface area contributed by atoms with Gasteiger partial charge in [0.25, 0.3) is 0 Å². The van der Waals surface area contributed by atoms with Crippen LogP contribution < -0.4 is 21.1 Å². The van der Waals surface area contributed by atoms with Crippen molar-refractivity contribution in [3.63, 3.8) is 0 Å². The predicted molar refractivity (Wildman–Crippen MR) is 156 cm³/mol. The molecule has 0 bridgehead atoms. The van der Waals surface area contributed by atoms with Crippen LogP contribution in [-0.2, 0) is 0 Å². The zero-order valence-electron chi connectivity index (χ0n) is 20.5. The third-order valence-electron chi connectivity index (χ3n) is 6.93. The lowest BCUT2D eigenvalue weighted by atomic mass is 9.58. The molecule has 37 heavy (non-hydrogen) atoms. The number of benzene rings is 5. The number of fused-ring (bicyclic) bond motifs is 4. The van der Waals surface area contributed by atoms with E-state index < -0.39 is 0 Å². The number of rotatable bonds is 4. The SMILES string of the molecule is Cc1cc(-c2ccccc2Nc2ccccc2)c2c(c1)N(c1ccccc1)c1oc3ccccc3c1[B]2. The van der Waals surface area contributed by atoms with Crippen LogP contribution >= 0.6 is 0 Å². The lowest BCUT2D eigenvalue weighted by Crippen LogP contribution is -2.40. The van der Waals surface area contributed by atoms with E-state index >= 15 is 0 Å². The number of nitrogens with zero attached hydrogens (tertiary/aromatic N) is 1. The summed E-state index contributed by atoms with van der Waals surface area (Å²) in [4.78, 5) is 2.26. The third-order valence-corrected chi connectivity index (χ3v) is 6.93. The number of aryl methyl sites for hydroxylation is 1. The molecule has 1 aliphatic heterocycles. The zero-order chi connectivity index (χ0) is 24.8. The van der Waals surface area contributed by atoms with Crippen molar-refractivity contribution in [1.82, 2.24) is 0 Å². The molecule has 0 spiro atoms. The summed E-state index contributed by atoms with van der Waals surface area (Å²) >= 11 is 0. The van der Waals surface area contributed by atoms with E-state index in [-0.39, 0.29) is 0 Å². The first-order chi connectivity index (χ1) is 18.3. The maximum Gasteiger partial charge on any atom is 0.203 e. The minimum absolute atomic E-state index is 0.854. The normalized spacial score (nSPS) is 12.1. The molecule has 0 aliphatic carbocycles. The van der Waals surface area contributed by atoms with Crippen LogP contribution in [0.4, 0.5) is 28.6 Å². The Labute approximate surface area is 217 Å². The van der Waals surface area contributed by atoms with E-state index in [0.29, 0.717) is 0 Å². The molecule has 3 nitrogen and oxygen atoms in total. The molecule has 7 rings (SSSR count). The predicted octanol–water partition coefficient (Wildman–Crippen LogP) is 7.59. The van der Waals surface area contributed by atoms with Crippen LogP contribution in [0.1, 0.15) is 5.56 Å². The molecule has 0 saturated heterocycles. The Hall–Kier alpha value is -4.70. The van der Waals surface area contributed by atoms with Gasteiger partial charge in [-0.15, -0.1) is 0 Å². The summed E-state index contributed by atoms with van der Waals surface area (Å²) in [6.07, 6.45) is 0. The molecule has 1 aromatic heterocycles. The molecule has 1 N–H and O–H groups in total. The van der Waals surface area contributed by atoms with Gasteiger partial charge in [0, 0.05) is 33.7 Å². The van der Waals surface area contributed by atoms with Gasteiger partial charge in [0.15, 0.2) is 5.88 Å². The number of furan rings is 1. The first kappa shape index (κ1) is 21.6. The fourth-order valence-corrected chi connectivity index (χ4v) is 5.29. The standard InChI is InChI=1S/C33H24BN2O/c1-22-20-27(25-16-8-10-18-28(25)35-23-12-4-2-5-13-23)31-29(21-22)36(24-14-6-3-7-15-24)33-32(34-31)26-17-9-11-19-30(26)37-33/h2-21,35H,1H3. The van der Waals surface area contributed by atoms with Gasteiger partial charge >= 0.3 is 0 Å². The van der Waals surface area contributed by atoms with E-state index in [9.17, 15) is 0 Å². The third kappa shape index (κ3) is 3.69. The number of hydrogen-bond acceptors (Lipinski definition) is 3. The average molecular weight is 475 g/mol. The maximum absolute atomic E-state index is 6.48. The molecule has 175 valence electrons. The van der Waals surface area contributed by atoms with Crippen molar-refractivity contribution in [2.75, 3.05) is 10.2 Å². The second-order valence-corrected chi connectivity index (χ2v) is 9.41. The van der Waals surface area contributed by atoms with Crippen molar-refractivity contribution in [1.29, 1.82) is 0 Å². The van der Waals surface area contributed by atoms with Gasteiger partial charge in [0.2, 0.25) is 7.28 Å². The van der Waals surface area contributed by atoms with Crippen molar-refractivity contribution in [2.24, 2.45) is 0 Å². The first-order valence-electron chi connectivity index (χ1n) is 12.5. The van der Waals surface area contributed by atoms with Gasteiger partial charge in [0.1, 0.15) is 5.58 Å². The molecule has 0 fully saturated rings. The van der Waals surface area contributed by atoms with Gasteiger partial charge in [-0.1, -0.05) is 78.9 Å². The highest BCUT2D eigenvalue weighted by molar-refractivity contribution is 6.75. The van der Waals surface area contributed by atoms with E-state index in [0.717, 1.165) is 50.6 Å². The lowest BCUT2D eigenvalue weighted by molar-refractivity contribution is 0.623. The number of nitrogens with one attached hydrogen (secondary N) is 1. The first-order valence-corrected chi connectivity index (χ1v) is 12.5. The summed E-state index contributed by atoms with van der Waals surface area (Å²) in [5, 5.41) is 4.75. The lowest BCUT2D eigenvalue weighted by Gasteiger charge is -2.32. The fourth-order valence-electron chi connectivity index (χ4n) is 5.29. The summed E-state index contributed by atoms with van der Waals surface area (Å²) in [6.45, 7) is 2.16. The maximum atomic E-state index is 6.48. The number of anilines is 5. The van der Waals surface area contributed by atoms with Gasteiger partial charge in [-0.05, 0) is 71.4 Å². The topological polar surface area (TPSA) is 28.4 Å². The quantitative estimate of drug-likeness (QED) is 0.266. The molecule has 1 radical (unpaired) electrons. The largest absolute Gasteiger partial charge is 0.440 e. The molecular weight excluding hydrogens is 451 g/mol. The Morgan fingerprint density at radius 1 is 0.676 bits per heavy atom. The van der Waals surface area contributed by atoms with Crippen molar-refractivity contribution in [3.05, 3.63) is 127 Å². The van der Waals surface area contributed by atoms with Crippen LogP contribution in [0.2, 0.25) is 0 Å². The van der Waals surface area contributed by atoms with E-state index in [1.165, 1.54) is 16.6 Å². The van der Waals surface area contributed by atoms with Gasteiger partial charge in [-0.2, -0.15) is 0 Å². The molecule has 4 heteroatoms. The molecule has 0 unspecified atom stereocenters. The van der Waals surface area contributed by atoms with Crippen molar-refractivity contribution < 1.29 is 4.42 Å². The molecule has 2 heterocycles. The minimum Gasteiger partial charge on any atom is -0.440 e. The van der Waals surface area contributed by atoms with Crippen LogP contribution in [0.5, 0.6) is 0 Å². The monoisotopic (exact) mass is 475 g/mol. The molecule has 5 aromatic carbocycles.